The Balaban J connectivity index is 2.47. The SMILES string of the molecule is CCc1ncnc(C)c1-c1ccc(OC(C)(C)C)cc1C. The van der Waals surface area contributed by atoms with Crippen LogP contribution in [0.3, 0.4) is 0 Å². The molecule has 0 aliphatic heterocycles. The lowest BCUT2D eigenvalue weighted by molar-refractivity contribution is 0.131. The van der Waals surface area contributed by atoms with Crippen LogP contribution >= 0.6 is 0 Å². The molecule has 0 atom stereocenters. The Bertz CT molecular complexity index is 642. The normalized spacial score (nSPS) is 11.5. The van der Waals surface area contributed by atoms with Crippen LogP contribution in [-0.4, -0.2) is 15.6 Å². The van der Waals surface area contributed by atoms with Crippen molar-refractivity contribution < 1.29 is 4.74 Å². The Morgan fingerprint density at radius 1 is 1.10 bits per heavy atom. The van der Waals surface area contributed by atoms with E-state index in [1.807, 2.05) is 13.0 Å². The Labute approximate surface area is 127 Å². The standard InChI is InChI=1S/C18H24N2O/c1-7-16-17(13(3)19-11-20-16)15-9-8-14(10-12(15)2)21-18(4,5)6/h8-11H,7H2,1-6H3. The van der Waals surface area contributed by atoms with Gasteiger partial charge in [-0.05, 0) is 64.3 Å². The van der Waals surface area contributed by atoms with E-state index in [0.717, 1.165) is 29.1 Å². The monoisotopic (exact) mass is 284 g/mol. The van der Waals surface area contributed by atoms with E-state index in [4.69, 9.17) is 4.74 Å². The number of aryl methyl sites for hydroxylation is 3. The van der Waals surface area contributed by atoms with Gasteiger partial charge in [0.1, 0.15) is 17.7 Å². The number of rotatable bonds is 3. The summed E-state index contributed by atoms with van der Waals surface area (Å²) in [5, 5.41) is 0. The van der Waals surface area contributed by atoms with Crippen LogP contribution in [0.2, 0.25) is 0 Å². The lowest BCUT2D eigenvalue weighted by Gasteiger charge is -2.22. The highest BCUT2D eigenvalue weighted by Crippen LogP contribution is 2.31. The smallest absolute Gasteiger partial charge is 0.120 e. The van der Waals surface area contributed by atoms with E-state index in [0.29, 0.717) is 0 Å². The first-order valence-electron chi connectivity index (χ1n) is 7.42. The molecule has 0 bridgehead atoms. The number of nitrogens with zero attached hydrogens (tertiary/aromatic N) is 2. The van der Waals surface area contributed by atoms with E-state index in [2.05, 4.69) is 56.7 Å². The van der Waals surface area contributed by atoms with E-state index < -0.39 is 0 Å². The van der Waals surface area contributed by atoms with E-state index in [1.54, 1.807) is 6.33 Å². The third kappa shape index (κ3) is 3.60. The van der Waals surface area contributed by atoms with Gasteiger partial charge in [-0.25, -0.2) is 9.97 Å². The van der Waals surface area contributed by atoms with Crippen LogP contribution in [0.5, 0.6) is 5.75 Å². The molecule has 112 valence electrons. The molecule has 3 nitrogen and oxygen atoms in total. The second kappa shape index (κ2) is 5.84. The van der Waals surface area contributed by atoms with Gasteiger partial charge in [-0.1, -0.05) is 13.0 Å². The van der Waals surface area contributed by atoms with Crippen molar-refractivity contribution in [2.45, 2.75) is 53.6 Å². The molecule has 0 saturated heterocycles. The van der Waals surface area contributed by atoms with Crippen molar-refractivity contribution in [3.05, 3.63) is 41.5 Å². The molecule has 1 aromatic heterocycles. The highest BCUT2D eigenvalue weighted by molar-refractivity contribution is 5.72. The van der Waals surface area contributed by atoms with Crippen LogP contribution in [0.25, 0.3) is 11.1 Å². The maximum Gasteiger partial charge on any atom is 0.120 e. The zero-order chi connectivity index (χ0) is 15.6. The topological polar surface area (TPSA) is 35.0 Å². The zero-order valence-corrected chi connectivity index (χ0v) is 13.8. The summed E-state index contributed by atoms with van der Waals surface area (Å²) in [6, 6.07) is 6.23. The predicted molar refractivity (Wildman–Crippen MR) is 86.7 cm³/mol. The molecule has 0 spiro atoms. The number of hydrogen-bond acceptors (Lipinski definition) is 3. The van der Waals surface area contributed by atoms with Crippen LogP contribution < -0.4 is 4.74 Å². The number of aromatic nitrogens is 2. The average molecular weight is 284 g/mol. The fraction of sp³-hybridized carbons (Fsp3) is 0.444. The molecule has 2 aromatic rings. The quantitative estimate of drug-likeness (QED) is 0.832. The van der Waals surface area contributed by atoms with E-state index in [1.165, 1.54) is 11.1 Å². The van der Waals surface area contributed by atoms with Crippen LogP contribution in [0, 0.1) is 13.8 Å². The first-order valence-corrected chi connectivity index (χ1v) is 7.42. The van der Waals surface area contributed by atoms with Crippen molar-refractivity contribution in [1.82, 2.24) is 9.97 Å². The third-order valence-corrected chi connectivity index (χ3v) is 3.34. The molecule has 2 rings (SSSR count). The fourth-order valence-electron chi connectivity index (χ4n) is 2.48. The van der Waals surface area contributed by atoms with Gasteiger partial charge in [0.05, 0.1) is 5.69 Å². The lowest BCUT2D eigenvalue weighted by atomic mass is 9.96. The second-order valence-electron chi connectivity index (χ2n) is 6.33. The Morgan fingerprint density at radius 2 is 1.81 bits per heavy atom. The van der Waals surface area contributed by atoms with Gasteiger partial charge < -0.3 is 4.74 Å². The van der Waals surface area contributed by atoms with Crippen LogP contribution in [0.1, 0.15) is 44.6 Å². The third-order valence-electron chi connectivity index (χ3n) is 3.34. The first-order chi connectivity index (χ1) is 9.81. The van der Waals surface area contributed by atoms with Crippen LogP contribution in [-0.2, 0) is 6.42 Å². The van der Waals surface area contributed by atoms with Gasteiger partial charge in [0.25, 0.3) is 0 Å². The van der Waals surface area contributed by atoms with E-state index >= 15 is 0 Å². The van der Waals surface area contributed by atoms with Gasteiger partial charge in [-0.3, -0.25) is 0 Å². The van der Waals surface area contributed by atoms with Crippen molar-refractivity contribution >= 4 is 0 Å². The molecule has 0 saturated carbocycles. The van der Waals surface area contributed by atoms with Gasteiger partial charge in [0.2, 0.25) is 0 Å². The summed E-state index contributed by atoms with van der Waals surface area (Å²) >= 11 is 0. The molecule has 1 aromatic carbocycles. The van der Waals surface area contributed by atoms with E-state index in [-0.39, 0.29) is 5.60 Å². The van der Waals surface area contributed by atoms with Crippen LogP contribution in [0.15, 0.2) is 24.5 Å². The molecule has 0 fully saturated rings. The van der Waals surface area contributed by atoms with Crippen molar-refractivity contribution in [3.63, 3.8) is 0 Å². The van der Waals surface area contributed by atoms with Crippen molar-refractivity contribution in [3.8, 4) is 16.9 Å². The molecule has 21 heavy (non-hydrogen) atoms. The second-order valence-corrected chi connectivity index (χ2v) is 6.33. The Hall–Kier alpha value is -1.90. The molecule has 0 radical (unpaired) electrons. The van der Waals surface area contributed by atoms with Gasteiger partial charge in [-0.2, -0.15) is 0 Å². The summed E-state index contributed by atoms with van der Waals surface area (Å²) in [5.41, 5.74) is 5.45. The van der Waals surface area contributed by atoms with Gasteiger partial charge in [0.15, 0.2) is 0 Å². The molecule has 0 amide bonds. The van der Waals surface area contributed by atoms with E-state index in [9.17, 15) is 0 Å². The first kappa shape index (κ1) is 15.5. The molecule has 3 heteroatoms. The van der Waals surface area contributed by atoms with Crippen LogP contribution in [0.4, 0.5) is 0 Å². The van der Waals surface area contributed by atoms with Crippen molar-refractivity contribution in [2.24, 2.45) is 0 Å². The maximum absolute atomic E-state index is 5.93. The van der Waals surface area contributed by atoms with Crippen molar-refractivity contribution in [1.29, 1.82) is 0 Å². The minimum atomic E-state index is -0.186. The van der Waals surface area contributed by atoms with Gasteiger partial charge >= 0.3 is 0 Å². The summed E-state index contributed by atoms with van der Waals surface area (Å²) in [4.78, 5) is 8.76. The largest absolute Gasteiger partial charge is 0.488 e. The minimum Gasteiger partial charge on any atom is -0.488 e. The van der Waals surface area contributed by atoms with Gasteiger partial charge in [-0.15, -0.1) is 0 Å². The molecule has 1 heterocycles. The molecule has 0 unspecified atom stereocenters. The molecule has 0 aliphatic rings. The summed E-state index contributed by atoms with van der Waals surface area (Å²) < 4.78 is 5.93. The Kier molecular flexibility index (Phi) is 4.31. The Morgan fingerprint density at radius 3 is 2.38 bits per heavy atom. The summed E-state index contributed by atoms with van der Waals surface area (Å²) in [5.74, 6) is 0.899. The maximum atomic E-state index is 5.93. The fourth-order valence-corrected chi connectivity index (χ4v) is 2.48. The highest BCUT2D eigenvalue weighted by atomic mass is 16.5. The predicted octanol–water partition coefficient (Wildman–Crippen LogP) is 4.50. The molecular weight excluding hydrogens is 260 g/mol. The number of benzene rings is 1. The number of hydrogen-bond donors (Lipinski definition) is 0. The lowest BCUT2D eigenvalue weighted by Crippen LogP contribution is -2.22. The summed E-state index contributed by atoms with van der Waals surface area (Å²) in [7, 11) is 0. The highest BCUT2D eigenvalue weighted by Gasteiger charge is 2.15. The molecular formula is C18H24N2O. The minimum absolute atomic E-state index is 0.186. The zero-order valence-electron chi connectivity index (χ0n) is 13.8. The summed E-state index contributed by atoms with van der Waals surface area (Å²) in [6.45, 7) is 12.4. The van der Waals surface area contributed by atoms with Gasteiger partial charge in [0, 0.05) is 11.3 Å². The molecule has 0 N–H and O–H groups in total. The summed E-state index contributed by atoms with van der Waals surface area (Å²) in [6.07, 6.45) is 2.54. The van der Waals surface area contributed by atoms with Crippen molar-refractivity contribution in [2.75, 3.05) is 0 Å². The average Bonchev–Trinajstić information content (AvgIpc) is 2.37. The molecule has 0 aliphatic carbocycles. The number of ether oxygens (including phenoxy) is 1.